The molecule has 0 aliphatic rings. The van der Waals surface area contributed by atoms with Gasteiger partial charge < -0.3 is 5.32 Å². The molecule has 1 N–H and O–H groups in total. The van der Waals surface area contributed by atoms with Gasteiger partial charge in [0.15, 0.2) is 5.16 Å². The molecule has 0 radical (unpaired) electrons. The first kappa shape index (κ1) is 19.4. The Kier molecular flexibility index (Phi) is 6.13. The van der Waals surface area contributed by atoms with E-state index in [1.165, 1.54) is 35.6 Å². The number of nitrogens with one attached hydrogen (secondary N) is 1. The zero-order valence-electron chi connectivity index (χ0n) is 15.3. The molecule has 5 nitrogen and oxygen atoms in total. The summed E-state index contributed by atoms with van der Waals surface area (Å²) < 4.78 is 1.65. The Morgan fingerprint density at radius 3 is 2.78 bits per heavy atom. The van der Waals surface area contributed by atoms with E-state index in [-0.39, 0.29) is 11.5 Å². The van der Waals surface area contributed by atoms with Crippen molar-refractivity contribution in [3.63, 3.8) is 0 Å². The molecule has 0 aliphatic carbocycles. The first-order valence-electron chi connectivity index (χ1n) is 8.58. The second kappa shape index (κ2) is 8.54. The molecule has 140 valence electrons. The van der Waals surface area contributed by atoms with Crippen LogP contribution in [-0.2, 0) is 11.3 Å². The molecule has 2 aromatic heterocycles. The Morgan fingerprint density at radius 2 is 2.11 bits per heavy atom. The number of allylic oxidation sites excluding steroid dienone is 1. The Bertz CT molecular complexity index is 1040. The van der Waals surface area contributed by atoms with Crippen LogP contribution < -0.4 is 10.9 Å². The maximum atomic E-state index is 13.2. The fraction of sp³-hybridized carbons (Fsp3) is 0.250. The number of thiophene rings is 1. The van der Waals surface area contributed by atoms with Gasteiger partial charge in [0.1, 0.15) is 4.83 Å². The van der Waals surface area contributed by atoms with Gasteiger partial charge in [-0.15, -0.1) is 17.9 Å². The van der Waals surface area contributed by atoms with Crippen LogP contribution >= 0.6 is 23.1 Å². The Hall–Kier alpha value is -2.38. The molecule has 0 spiro atoms. The van der Waals surface area contributed by atoms with Crippen LogP contribution in [0.2, 0.25) is 0 Å². The molecule has 0 fully saturated rings. The van der Waals surface area contributed by atoms with Gasteiger partial charge in [-0.2, -0.15) is 0 Å². The quantitative estimate of drug-likeness (QED) is 0.284. The van der Waals surface area contributed by atoms with E-state index in [1.807, 2.05) is 36.6 Å². The summed E-state index contributed by atoms with van der Waals surface area (Å²) in [7, 11) is 0. The van der Waals surface area contributed by atoms with E-state index >= 15 is 0 Å². The van der Waals surface area contributed by atoms with E-state index in [2.05, 4.69) is 11.9 Å². The summed E-state index contributed by atoms with van der Waals surface area (Å²) in [5.74, 6) is 0.578. The van der Waals surface area contributed by atoms with Crippen molar-refractivity contribution < 1.29 is 4.79 Å². The van der Waals surface area contributed by atoms with Crippen LogP contribution in [-0.4, -0.2) is 27.8 Å². The first-order valence-corrected chi connectivity index (χ1v) is 10.4. The predicted octanol–water partition coefficient (Wildman–Crippen LogP) is 3.85. The normalized spacial score (nSPS) is 10.9. The van der Waals surface area contributed by atoms with Gasteiger partial charge in [-0.05, 0) is 12.5 Å². The molecule has 0 bridgehead atoms. The third kappa shape index (κ3) is 4.31. The van der Waals surface area contributed by atoms with Gasteiger partial charge in [-0.25, -0.2) is 4.98 Å². The van der Waals surface area contributed by atoms with E-state index in [1.54, 1.807) is 10.6 Å². The van der Waals surface area contributed by atoms with Crippen LogP contribution in [0.4, 0.5) is 0 Å². The fourth-order valence-corrected chi connectivity index (χ4v) is 4.57. The summed E-state index contributed by atoms with van der Waals surface area (Å²) in [6, 6.07) is 8.15. The second-order valence-corrected chi connectivity index (χ2v) is 8.05. The van der Waals surface area contributed by atoms with Gasteiger partial charge in [0.25, 0.3) is 5.56 Å². The van der Waals surface area contributed by atoms with Crippen molar-refractivity contribution >= 4 is 39.2 Å². The zero-order chi connectivity index (χ0) is 19.4. The molecular formula is C20H21N3O2S2. The fourth-order valence-electron chi connectivity index (χ4n) is 2.72. The Balaban J connectivity index is 2.02. The maximum absolute atomic E-state index is 13.2. The van der Waals surface area contributed by atoms with Crippen LogP contribution in [0.3, 0.4) is 0 Å². The molecule has 0 atom stereocenters. The number of nitrogens with zero attached hydrogens (tertiary/aromatic N) is 2. The predicted molar refractivity (Wildman–Crippen MR) is 114 cm³/mol. The van der Waals surface area contributed by atoms with Crippen molar-refractivity contribution in [1.29, 1.82) is 0 Å². The van der Waals surface area contributed by atoms with E-state index in [9.17, 15) is 9.59 Å². The molecule has 1 amide bonds. The SMILES string of the molecule is C=CCn1c(SCCNC(C)=O)nc2scc(-c3ccc(C)cc3)c2c1=O. The highest BCUT2D eigenvalue weighted by molar-refractivity contribution is 7.99. The van der Waals surface area contributed by atoms with E-state index in [0.29, 0.717) is 29.4 Å². The average molecular weight is 400 g/mol. The smallest absolute Gasteiger partial charge is 0.263 e. The first-order chi connectivity index (χ1) is 13.0. The molecule has 3 rings (SSSR count). The lowest BCUT2D eigenvalue weighted by Crippen LogP contribution is -2.25. The van der Waals surface area contributed by atoms with Gasteiger partial charge in [-0.1, -0.05) is 47.7 Å². The van der Waals surface area contributed by atoms with Crippen LogP contribution in [0.5, 0.6) is 0 Å². The van der Waals surface area contributed by atoms with Crippen molar-refractivity contribution in [1.82, 2.24) is 14.9 Å². The van der Waals surface area contributed by atoms with Gasteiger partial charge in [0, 0.05) is 36.7 Å². The molecule has 2 heterocycles. The van der Waals surface area contributed by atoms with Gasteiger partial charge in [0.2, 0.25) is 5.91 Å². The molecule has 27 heavy (non-hydrogen) atoms. The topological polar surface area (TPSA) is 64.0 Å². The average Bonchev–Trinajstić information content (AvgIpc) is 3.06. The van der Waals surface area contributed by atoms with Crippen LogP contribution in [0.25, 0.3) is 21.3 Å². The number of aryl methyl sites for hydroxylation is 1. The molecule has 0 saturated heterocycles. The minimum atomic E-state index is -0.0662. The van der Waals surface area contributed by atoms with Crippen LogP contribution in [0, 0.1) is 6.92 Å². The van der Waals surface area contributed by atoms with Crippen LogP contribution in [0.15, 0.2) is 52.3 Å². The lowest BCUT2D eigenvalue weighted by Gasteiger charge is -2.11. The summed E-state index contributed by atoms with van der Waals surface area (Å²) in [5, 5.41) is 6.05. The summed E-state index contributed by atoms with van der Waals surface area (Å²) in [6.45, 7) is 8.22. The summed E-state index contributed by atoms with van der Waals surface area (Å²) in [6.07, 6.45) is 1.70. The number of rotatable bonds is 7. The number of carbonyl (C=O) groups is 1. The number of hydrogen-bond donors (Lipinski definition) is 1. The molecular weight excluding hydrogens is 378 g/mol. The lowest BCUT2D eigenvalue weighted by molar-refractivity contribution is -0.118. The van der Waals surface area contributed by atoms with Crippen molar-refractivity contribution in [3.05, 3.63) is 58.2 Å². The Labute approximate surface area is 166 Å². The molecule has 0 saturated carbocycles. The van der Waals surface area contributed by atoms with Gasteiger partial charge in [-0.3, -0.25) is 14.2 Å². The Morgan fingerprint density at radius 1 is 1.37 bits per heavy atom. The number of thioether (sulfide) groups is 1. The highest BCUT2D eigenvalue weighted by Gasteiger charge is 2.16. The molecule has 7 heteroatoms. The highest BCUT2D eigenvalue weighted by atomic mass is 32.2. The van der Waals surface area contributed by atoms with Gasteiger partial charge in [0.05, 0.1) is 5.39 Å². The number of benzene rings is 1. The monoisotopic (exact) mass is 399 g/mol. The van der Waals surface area contributed by atoms with Crippen molar-refractivity contribution in [2.24, 2.45) is 0 Å². The highest BCUT2D eigenvalue weighted by Crippen LogP contribution is 2.32. The zero-order valence-corrected chi connectivity index (χ0v) is 17.0. The third-order valence-corrected chi connectivity index (χ3v) is 5.89. The number of fused-ring (bicyclic) bond motifs is 1. The third-order valence-electron chi connectivity index (χ3n) is 4.04. The van der Waals surface area contributed by atoms with Gasteiger partial charge >= 0.3 is 0 Å². The second-order valence-electron chi connectivity index (χ2n) is 6.13. The van der Waals surface area contributed by atoms with E-state index in [0.717, 1.165) is 16.0 Å². The van der Waals surface area contributed by atoms with Crippen molar-refractivity contribution in [3.8, 4) is 11.1 Å². The van der Waals surface area contributed by atoms with Crippen LogP contribution in [0.1, 0.15) is 12.5 Å². The molecule has 1 aromatic carbocycles. The van der Waals surface area contributed by atoms with E-state index < -0.39 is 0 Å². The molecule has 0 aliphatic heterocycles. The largest absolute Gasteiger partial charge is 0.356 e. The van der Waals surface area contributed by atoms with E-state index in [4.69, 9.17) is 4.98 Å². The van der Waals surface area contributed by atoms with Crippen molar-refractivity contribution in [2.45, 2.75) is 25.5 Å². The lowest BCUT2D eigenvalue weighted by atomic mass is 10.1. The minimum Gasteiger partial charge on any atom is -0.356 e. The number of amides is 1. The summed E-state index contributed by atoms with van der Waals surface area (Å²) >= 11 is 2.94. The molecule has 3 aromatic rings. The maximum Gasteiger partial charge on any atom is 0.263 e. The minimum absolute atomic E-state index is 0.0567. The number of aromatic nitrogens is 2. The summed E-state index contributed by atoms with van der Waals surface area (Å²) in [4.78, 5) is 29.7. The number of carbonyl (C=O) groups excluding carboxylic acids is 1. The summed E-state index contributed by atoms with van der Waals surface area (Å²) in [5.41, 5.74) is 3.05. The van der Waals surface area contributed by atoms with Crippen molar-refractivity contribution in [2.75, 3.05) is 12.3 Å². The number of hydrogen-bond acceptors (Lipinski definition) is 5. The standard InChI is InChI=1S/C20H21N3O2S2/c1-4-10-23-19(25)17-16(15-7-5-13(2)6-8-15)12-27-18(17)22-20(23)26-11-9-21-14(3)24/h4-8,12H,1,9-11H2,2-3H3,(H,21,24). The molecule has 0 unspecified atom stereocenters.